The quantitative estimate of drug-likeness (QED) is 0.500. The number of hydrogen-bond acceptors (Lipinski definition) is 4. The van der Waals surface area contributed by atoms with Crippen molar-refractivity contribution >= 4 is 59.7 Å². The first kappa shape index (κ1) is 14.4. The molecule has 0 spiro atoms. The fourth-order valence-corrected chi connectivity index (χ4v) is 0.682. The molecule has 0 aliphatic heterocycles. The van der Waals surface area contributed by atoms with Crippen LogP contribution in [0.4, 0.5) is 0 Å². The summed E-state index contributed by atoms with van der Waals surface area (Å²) in [4.78, 5) is 10.4. The van der Waals surface area contributed by atoms with Crippen LogP contribution in [0.2, 0.25) is 0 Å². The minimum atomic E-state index is -2.06. The van der Waals surface area contributed by atoms with E-state index < -0.39 is 17.6 Å². The maximum absolute atomic E-state index is 10.4. The molecule has 0 bridgehead atoms. The van der Waals surface area contributed by atoms with Crippen molar-refractivity contribution in [1.29, 1.82) is 0 Å². The average molecular weight is 239 g/mol. The van der Waals surface area contributed by atoms with Gasteiger partial charge in [-0.15, -0.1) is 11.6 Å². The third-order valence-electron chi connectivity index (χ3n) is 0.558. The molecule has 0 radical (unpaired) electrons. The van der Waals surface area contributed by atoms with Gasteiger partial charge in [0, 0.05) is 0 Å². The molecule has 0 saturated carbocycles. The van der Waals surface area contributed by atoms with Gasteiger partial charge in [0.05, 0.1) is 10.7 Å². The molecule has 11 heavy (non-hydrogen) atoms. The second kappa shape index (κ2) is 7.47. The molecule has 2 N–H and O–H groups in total. The summed E-state index contributed by atoms with van der Waals surface area (Å²) in [5.74, 6) is -0.771. The van der Waals surface area contributed by atoms with Gasteiger partial charge < -0.3 is 14.7 Å². The third-order valence-corrected chi connectivity index (χ3v) is 1.04. The average Bonchev–Trinajstić information content (AvgIpc) is 1.58. The van der Waals surface area contributed by atoms with Crippen LogP contribution in [0.25, 0.3) is 0 Å². The molecule has 0 aliphatic carbocycles. The standard InChI is InChI=1S/C3H5BBrClO4.Li.H/c5-2(6)1-3(7)10-4(8)9;;/h2,8-9H,1H2;;. The van der Waals surface area contributed by atoms with Crippen LogP contribution < -0.4 is 0 Å². The fourth-order valence-electron chi connectivity index (χ4n) is 0.292. The monoisotopic (exact) mass is 238 g/mol. The maximum atomic E-state index is 10.4. The zero-order valence-corrected chi connectivity index (χ0v) is 7.17. The van der Waals surface area contributed by atoms with Gasteiger partial charge in [0.1, 0.15) is 0 Å². The molecular weight excluding hydrogens is 233 g/mol. The fraction of sp³-hybridized carbons (Fsp3) is 0.667. The normalized spacial score (nSPS) is 11.3. The molecule has 60 valence electrons. The van der Waals surface area contributed by atoms with Gasteiger partial charge >= 0.3 is 26.2 Å². The molecule has 0 rings (SSSR count). The van der Waals surface area contributed by atoms with Crippen LogP contribution in [0.3, 0.4) is 0 Å². The number of carbonyl (C=O) groups is 1. The second-order valence-electron chi connectivity index (χ2n) is 1.41. The van der Waals surface area contributed by atoms with Gasteiger partial charge in [-0.25, -0.2) is 0 Å². The number of carbonyl (C=O) groups excluding carboxylic acids is 1. The van der Waals surface area contributed by atoms with Crippen molar-refractivity contribution < 1.29 is 19.5 Å². The van der Waals surface area contributed by atoms with Crippen molar-refractivity contribution in [1.82, 2.24) is 0 Å². The van der Waals surface area contributed by atoms with Crippen molar-refractivity contribution in [3.8, 4) is 0 Å². The van der Waals surface area contributed by atoms with Gasteiger partial charge in [-0.3, -0.25) is 4.79 Å². The number of hydrogen-bond donors (Lipinski definition) is 2. The molecular formula is C3H6BBrClLiO4. The molecule has 0 aromatic carbocycles. The molecule has 0 aromatic rings. The number of alkyl halides is 2. The van der Waals surface area contributed by atoms with Crippen LogP contribution in [0, 0.1) is 0 Å². The molecule has 1 unspecified atom stereocenters. The van der Waals surface area contributed by atoms with E-state index in [1.54, 1.807) is 0 Å². The molecule has 4 nitrogen and oxygen atoms in total. The molecule has 0 saturated heterocycles. The van der Waals surface area contributed by atoms with E-state index in [9.17, 15) is 4.79 Å². The van der Waals surface area contributed by atoms with Gasteiger partial charge in [-0.05, 0) is 0 Å². The number of rotatable bonds is 3. The molecule has 0 fully saturated rings. The van der Waals surface area contributed by atoms with Gasteiger partial charge in [0.15, 0.2) is 0 Å². The van der Waals surface area contributed by atoms with Crippen molar-refractivity contribution in [3.63, 3.8) is 0 Å². The Labute approximate surface area is 89.7 Å². The summed E-state index contributed by atoms with van der Waals surface area (Å²) in [6.45, 7) is 0. The van der Waals surface area contributed by atoms with E-state index in [1.807, 2.05) is 0 Å². The molecule has 8 heteroatoms. The van der Waals surface area contributed by atoms with Gasteiger partial charge in [0.25, 0.3) is 5.97 Å². The van der Waals surface area contributed by atoms with Crippen LogP contribution in [-0.4, -0.2) is 46.5 Å². The topological polar surface area (TPSA) is 66.8 Å². The zero-order chi connectivity index (χ0) is 8.15. The van der Waals surface area contributed by atoms with Crippen molar-refractivity contribution in [2.45, 2.75) is 10.7 Å². The predicted molar refractivity (Wildman–Crippen MR) is 46.6 cm³/mol. The Hall–Kier alpha value is 0.822. The zero-order valence-electron chi connectivity index (χ0n) is 4.83. The Morgan fingerprint density at radius 1 is 1.73 bits per heavy atom. The van der Waals surface area contributed by atoms with Crippen LogP contribution in [0.15, 0.2) is 0 Å². The first-order valence-corrected chi connectivity index (χ1v) is 3.71. The van der Waals surface area contributed by atoms with Crippen molar-refractivity contribution in [3.05, 3.63) is 0 Å². The van der Waals surface area contributed by atoms with Crippen LogP contribution in [-0.2, 0) is 9.45 Å². The van der Waals surface area contributed by atoms with E-state index in [1.165, 1.54) is 0 Å². The third kappa shape index (κ3) is 10.8. The first-order chi connectivity index (χ1) is 4.52. The van der Waals surface area contributed by atoms with E-state index in [-0.39, 0.29) is 25.3 Å². The minimum absolute atomic E-state index is 0. The summed E-state index contributed by atoms with van der Waals surface area (Å²) < 4.78 is 3.38. The summed E-state index contributed by atoms with van der Waals surface area (Å²) in [5, 5.41) is 16.2. The summed E-state index contributed by atoms with van der Waals surface area (Å²) in [5.41, 5.74) is 0. The summed E-state index contributed by atoms with van der Waals surface area (Å²) in [6.07, 6.45) is -0.112. The summed E-state index contributed by atoms with van der Waals surface area (Å²) in [6, 6.07) is 0. The molecule has 0 aliphatic rings. The van der Waals surface area contributed by atoms with Gasteiger partial charge in [-0.2, -0.15) is 0 Å². The van der Waals surface area contributed by atoms with Crippen LogP contribution >= 0.6 is 27.5 Å². The SMILES string of the molecule is O=C(CC(Cl)Br)OB(O)O.[LiH]. The second-order valence-corrected chi connectivity index (χ2v) is 3.57. The van der Waals surface area contributed by atoms with Crippen LogP contribution in [0.5, 0.6) is 0 Å². The number of halogens is 2. The summed E-state index contributed by atoms with van der Waals surface area (Å²) >= 11 is 8.17. The Bertz CT molecular complexity index is 112. The predicted octanol–water partition coefficient (Wildman–Crippen LogP) is -0.799. The first-order valence-electron chi connectivity index (χ1n) is 2.36. The Balaban J connectivity index is 0. The van der Waals surface area contributed by atoms with E-state index >= 15 is 0 Å². The van der Waals surface area contributed by atoms with Crippen molar-refractivity contribution in [2.75, 3.05) is 0 Å². The molecule has 1 atom stereocenters. The molecule has 0 amide bonds. The molecule has 0 aromatic heterocycles. The van der Waals surface area contributed by atoms with E-state index in [2.05, 4.69) is 20.6 Å². The van der Waals surface area contributed by atoms with Gasteiger partial charge in [0.2, 0.25) is 0 Å². The van der Waals surface area contributed by atoms with Crippen LogP contribution in [0.1, 0.15) is 6.42 Å². The Morgan fingerprint density at radius 2 is 2.18 bits per heavy atom. The van der Waals surface area contributed by atoms with Gasteiger partial charge in [-0.1, -0.05) is 15.9 Å². The van der Waals surface area contributed by atoms with Crippen molar-refractivity contribution in [2.24, 2.45) is 0 Å². The van der Waals surface area contributed by atoms with E-state index in [0.717, 1.165) is 0 Å². The summed E-state index contributed by atoms with van der Waals surface area (Å²) in [7, 11) is -2.06. The molecule has 0 heterocycles. The van der Waals surface area contributed by atoms with E-state index in [0.29, 0.717) is 0 Å². The Kier molecular flexibility index (Phi) is 9.75. The van der Waals surface area contributed by atoms with E-state index in [4.69, 9.17) is 21.6 Å². The Morgan fingerprint density at radius 3 is 2.45 bits per heavy atom.